The summed E-state index contributed by atoms with van der Waals surface area (Å²) in [4.78, 5) is 4.16. The third kappa shape index (κ3) is 4.04. The quantitative estimate of drug-likeness (QED) is 0.706. The van der Waals surface area contributed by atoms with E-state index in [-0.39, 0.29) is 6.10 Å². The van der Waals surface area contributed by atoms with Gasteiger partial charge in [0.05, 0.1) is 20.1 Å². The molecule has 1 aromatic carbocycles. The van der Waals surface area contributed by atoms with Crippen LogP contribution in [-0.2, 0) is 0 Å². The second-order valence-corrected chi connectivity index (χ2v) is 7.08. The lowest BCUT2D eigenvalue weighted by Crippen LogP contribution is -2.21. The van der Waals surface area contributed by atoms with Gasteiger partial charge in [-0.1, -0.05) is 46.4 Å². The van der Waals surface area contributed by atoms with Crippen LogP contribution in [0, 0.1) is 5.92 Å². The molecule has 1 aliphatic rings. The molecule has 1 aromatic heterocycles. The molecule has 0 radical (unpaired) electrons. The fraction of sp³-hybridized carbons (Fsp3) is 0.312. The van der Waals surface area contributed by atoms with E-state index >= 15 is 0 Å². The molecule has 1 N–H and O–H groups in total. The molecular formula is C16H14Cl4N2O. The van der Waals surface area contributed by atoms with Crippen molar-refractivity contribution in [3.63, 3.8) is 0 Å². The van der Waals surface area contributed by atoms with Crippen LogP contribution < -0.4 is 10.1 Å². The smallest absolute Gasteiger partial charge is 0.140 e. The number of ether oxygens (including phenoxy) is 1. The van der Waals surface area contributed by atoms with Crippen LogP contribution in [0.1, 0.15) is 18.1 Å². The zero-order chi connectivity index (χ0) is 16.4. The number of nitrogens with one attached hydrogen (secondary N) is 1. The molecule has 3 nitrogen and oxygen atoms in total. The van der Waals surface area contributed by atoms with Crippen molar-refractivity contribution in [2.45, 2.75) is 12.5 Å². The van der Waals surface area contributed by atoms with Gasteiger partial charge in [-0.3, -0.25) is 4.98 Å². The average Bonchev–Trinajstić information content (AvgIpc) is 3.03. The van der Waals surface area contributed by atoms with Crippen LogP contribution in [0.2, 0.25) is 20.1 Å². The van der Waals surface area contributed by atoms with Crippen LogP contribution >= 0.6 is 46.4 Å². The molecule has 1 fully saturated rings. The molecule has 2 atom stereocenters. The largest absolute Gasteiger partial charge is 0.484 e. The van der Waals surface area contributed by atoms with Gasteiger partial charge in [0.25, 0.3) is 0 Å². The Kier molecular flexibility index (Phi) is 5.55. The number of pyridine rings is 1. The summed E-state index contributed by atoms with van der Waals surface area (Å²) in [6.07, 6.45) is 4.14. The molecule has 1 saturated heterocycles. The van der Waals surface area contributed by atoms with Crippen molar-refractivity contribution in [2.75, 3.05) is 13.1 Å². The Balaban J connectivity index is 1.94. The number of hydrogen-bond acceptors (Lipinski definition) is 3. The van der Waals surface area contributed by atoms with Crippen LogP contribution in [0.5, 0.6) is 5.75 Å². The highest BCUT2D eigenvalue weighted by Gasteiger charge is 2.29. The first kappa shape index (κ1) is 17.1. The Labute approximate surface area is 154 Å². The molecule has 7 heteroatoms. The van der Waals surface area contributed by atoms with Gasteiger partial charge in [-0.2, -0.15) is 0 Å². The third-order valence-electron chi connectivity index (χ3n) is 3.81. The van der Waals surface area contributed by atoms with E-state index in [1.54, 1.807) is 24.5 Å². The predicted molar refractivity (Wildman–Crippen MR) is 95.1 cm³/mol. The van der Waals surface area contributed by atoms with E-state index in [2.05, 4.69) is 10.3 Å². The van der Waals surface area contributed by atoms with Crippen LogP contribution in [0.4, 0.5) is 0 Å². The molecule has 0 saturated carbocycles. The zero-order valence-electron chi connectivity index (χ0n) is 12.0. The minimum absolute atomic E-state index is 0.217. The van der Waals surface area contributed by atoms with Gasteiger partial charge in [0.1, 0.15) is 11.9 Å². The van der Waals surface area contributed by atoms with E-state index in [0.29, 0.717) is 31.8 Å². The molecule has 0 spiro atoms. The lowest BCUT2D eigenvalue weighted by Gasteiger charge is -2.25. The average molecular weight is 392 g/mol. The van der Waals surface area contributed by atoms with Crippen molar-refractivity contribution >= 4 is 46.4 Å². The van der Waals surface area contributed by atoms with Gasteiger partial charge < -0.3 is 10.1 Å². The molecule has 2 heterocycles. The van der Waals surface area contributed by atoms with Crippen molar-refractivity contribution in [3.05, 3.63) is 56.2 Å². The minimum Gasteiger partial charge on any atom is -0.484 e. The Morgan fingerprint density at radius 1 is 1.04 bits per heavy atom. The van der Waals surface area contributed by atoms with E-state index in [0.717, 1.165) is 25.1 Å². The van der Waals surface area contributed by atoms with Crippen LogP contribution in [0.15, 0.2) is 30.6 Å². The number of halogens is 4. The van der Waals surface area contributed by atoms with E-state index in [1.807, 2.05) is 6.07 Å². The maximum absolute atomic E-state index is 6.25. The van der Waals surface area contributed by atoms with Crippen LogP contribution in [0.3, 0.4) is 0 Å². The van der Waals surface area contributed by atoms with Crippen molar-refractivity contribution < 1.29 is 4.74 Å². The van der Waals surface area contributed by atoms with Crippen molar-refractivity contribution in [1.82, 2.24) is 10.3 Å². The summed E-state index contributed by atoms with van der Waals surface area (Å²) in [5.74, 6) is 0.790. The van der Waals surface area contributed by atoms with E-state index < -0.39 is 0 Å². The van der Waals surface area contributed by atoms with Crippen molar-refractivity contribution in [3.8, 4) is 5.75 Å². The Bertz CT molecular complexity index is 704. The lowest BCUT2D eigenvalue weighted by molar-refractivity contribution is 0.144. The zero-order valence-corrected chi connectivity index (χ0v) is 15.1. The third-order valence-corrected chi connectivity index (χ3v) is 5.03. The molecule has 1 aliphatic heterocycles. The van der Waals surface area contributed by atoms with Gasteiger partial charge in [-0.15, -0.1) is 0 Å². The second kappa shape index (κ2) is 7.45. The second-order valence-electron chi connectivity index (χ2n) is 5.42. The van der Waals surface area contributed by atoms with Gasteiger partial charge in [-0.25, -0.2) is 0 Å². The Hall–Kier alpha value is -0.710. The number of rotatable bonds is 4. The predicted octanol–water partition coefficient (Wildman–Crippen LogP) is 5.42. The maximum Gasteiger partial charge on any atom is 0.140 e. The first-order valence-corrected chi connectivity index (χ1v) is 8.68. The summed E-state index contributed by atoms with van der Waals surface area (Å²) in [5, 5.41) is 5.14. The fourth-order valence-electron chi connectivity index (χ4n) is 2.69. The molecule has 3 rings (SSSR count). The monoisotopic (exact) mass is 390 g/mol. The number of aromatic nitrogens is 1. The van der Waals surface area contributed by atoms with Crippen LogP contribution in [-0.4, -0.2) is 18.1 Å². The van der Waals surface area contributed by atoms with Gasteiger partial charge in [0, 0.05) is 36.5 Å². The van der Waals surface area contributed by atoms with Gasteiger partial charge in [0.15, 0.2) is 0 Å². The highest BCUT2D eigenvalue weighted by molar-refractivity contribution is 6.43. The van der Waals surface area contributed by atoms with Crippen LogP contribution in [0.25, 0.3) is 0 Å². The van der Waals surface area contributed by atoms with E-state index in [1.165, 1.54) is 0 Å². The fourth-order valence-corrected chi connectivity index (χ4v) is 3.45. The summed E-state index contributed by atoms with van der Waals surface area (Å²) in [7, 11) is 0. The molecule has 2 aromatic rings. The summed E-state index contributed by atoms with van der Waals surface area (Å²) >= 11 is 24.4. The summed E-state index contributed by atoms with van der Waals surface area (Å²) in [6.45, 7) is 1.81. The molecule has 122 valence electrons. The summed E-state index contributed by atoms with van der Waals surface area (Å²) < 4.78 is 6.19. The first-order chi connectivity index (χ1) is 11.0. The summed E-state index contributed by atoms with van der Waals surface area (Å²) in [6, 6.07) is 5.09. The minimum atomic E-state index is -0.217. The molecule has 1 unspecified atom stereocenters. The van der Waals surface area contributed by atoms with E-state index in [4.69, 9.17) is 51.1 Å². The lowest BCUT2D eigenvalue weighted by atomic mass is 9.96. The van der Waals surface area contributed by atoms with Gasteiger partial charge >= 0.3 is 0 Å². The Morgan fingerprint density at radius 2 is 1.83 bits per heavy atom. The van der Waals surface area contributed by atoms with E-state index in [9.17, 15) is 0 Å². The number of hydrogen-bond donors (Lipinski definition) is 1. The van der Waals surface area contributed by atoms with Gasteiger partial charge in [-0.05, 0) is 25.1 Å². The van der Waals surface area contributed by atoms with Crippen molar-refractivity contribution in [2.24, 2.45) is 5.92 Å². The van der Waals surface area contributed by atoms with Crippen molar-refractivity contribution in [1.29, 1.82) is 0 Å². The normalized spacial score (nSPS) is 18.9. The Morgan fingerprint density at radius 3 is 2.52 bits per heavy atom. The SMILES string of the molecule is Clc1cncc(C(Oc2cc(Cl)c(Cl)cc2Cl)[C@@H]2CCNC2)c1. The molecule has 0 amide bonds. The standard InChI is InChI=1S/C16H14Cl4N2O/c17-11-3-10(7-22-8-11)16(9-1-2-21-6-9)23-15-5-13(19)12(18)4-14(15)20/h3-5,7-9,16,21H,1-2,6H2/t9-,16?/m1/s1. The topological polar surface area (TPSA) is 34.1 Å². The number of nitrogens with zero attached hydrogens (tertiary/aromatic N) is 1. The molecule has 0 bridgehead atoms. The first-order valence-electron chi connectivity index (χ1n) is 7.17. The highest BCUT2D eigenvalue weighted by Crippen LogP contribution is 2.39. The van der Waals surface area contributed by atoms with Gasteiger partial charge in [0.2, 0.25) is 0 Å². The molecule has 23 heavy (non-hydrogen) atoms. The highest BCUT2D eigenvalue weighted by atomic mass is 35.5. The molecular weight excluding hydrogens is 378 g/mol. The number of benzene rings is 1. The summed E-state index contributed by atoms with van der Waals surface area (Å²) in [5.41, 5.74) is 0.910. The molecule has 0 aliphatic carbocycles. The maximum atomic E-state index is 6.25.